The Labute approximate surface area is 121 Å². The van der Waals surface area contributed by atoms with Crippen molar-refractivity contribution in [3.05, 3.63) is 39.6 Å². The molecule has 0 radical (unpaired) electrons. The largest absolute Gasteiger partial charge is 0.315 e. The highest BCUT2D eigenvalue weighted by Gasteiger charge is 2.15. The summed E-state index contributed by atoms with van der Waals surface area (Å²) in [6.07, 6.45) is 1.94. The molecule has 2 aromatic rings. The molecule has 1 aromatic carbocycles. The summed E-state index contributed by atoms with van der Waals surface area (Å²) in [6.45, 7) is 2.87. The normalized spacial score (nSPS) is 10.9. The molecule has 2 nitrogen and oxygen atoms in total. The van der Waals surface area contributed by atoms with Crippen molar-refractivity contribution in [1.29, 1.82) is 0 Å². The molecule has 0 bridgehead atoms. The van der Waals surface area contributed by atoms with Crippen LogP contribution < -0.4 is 5.32 Å². The van der Waals surface area contributed by atoms with Crippen LogP contribution in [0, 0.1) is 5.82 Å². The van der Waals surface area contributed by atoms with E-state index in [1.807, 2.05) is 7.05 Å². The molecule has 102 valence electrons. The fourth-order valence-corrected chi connectivity index (χ4v) is 3.21. The van der Waals surface area contributed by atoms with Crippen LogP contribution in [0.15, 0.2) is 18.2 Å². The van der Waals surface area contributed by atoms with Crippen molar-refractivity contribution < 1.29 is 4.39 Å². The quantitative estimate of drug-likeness (QED) is 0.891. The number of hydrogen-bond acceptors (Lipinski definition) is 3. The van der Waals surface area contributed by atoms with E-state index >= 15 is 0 Å². The molecule has 0 aliphatic carbocycles. The number of halogens is 2. The van der Waals surface area contributed by atoms with E-state index < -0.39 is 5.82 Å². The fourth-order valence-electron chi connectivity index (χ4n) is 1.90. The van der Waals surface area contributed by atoms with Gasteiger partial charge in [0.15, 0.2) is 5.82 Å². The number of nitrogens with zero attached hydrogens (tertiary/aromatic N) is 1. The number of thiazole rings is 1. The molecular formula is C14H16ClFN2S. The first-order chi connectivity index (χ1) is 9.17. The Morgan fingerprint density at radius 3 is 2.89 bits per heavy atom. The lowest BCUT2D eigenvalue weighted by Crippen LogP contribution is -2.05. The van der Waals surface area contributed by atoms with Crippen LogP contribution in [0.1, 0.15) is 23.9 Å². The Bertz CT molecular complexity index is 545. The SMILES string of the molecule is CCCc1nc(-c2cccc(Cl)c2F)sc1CNC. The highest BCUT2D eigenvalue weighted by molar-refractivity contribution is 7.15. The number of rotatable bonds is 5. The van der Waals surface area contributed by atoms with Gasteiger partial charge in [0.1, 0.15) is 5.01 Å². The first kappa shape index (κ1) is 14.4. The molecule has 0 fully saturated rings. The topological polar surface area (TPSA) is 24.9 Å². The first-order valence-corrected chi connectivity index (χ1v) is 7.44. The van der Waals surface area contributed by atoms with Crippen LogP contribution in [-0.4, -0.2) is 12.0 Å². The Hall–Kier alpha value is -0.970. The summed E-state index contributed by atoms with van der Waals surface area (Å²) in [7, 11) is 1.90. The third-order valence-electron chi connectivity index (χ3n) is 2.78. The number of hydrogen-bond donors (Lipinski definition) is 1. The Morgan fingerprint density at radius 2 is 2.21 bits per heavy atom. The van der Waals surface area contributed by atoms with Crippen molar-refractivity contribution in [3.8, 4) is 10.6 Å². The van der Waals surface area contributed by atoms with E-state index in [0.29, 0.717) is 10.6 Å². The summed E-state index contributed by atoms with van der Waals surface area (Å²) in [6, 6.07) is 5.02. The number of aryl methyl sites for hydroxylation is 1. The zero-order chi connectivity index (χ0) is 13.8. The van der Waals surface area contributed by atoms with Crippen LogP contribution in [-0.2, 0) is 13.0 Å². The van der Waals surface area contributed by atoms with Gasteiger partial charge >= 0.3 is 0 Å². The van der Waals surface area contributed by atoms with E-state index in [-0.39, 0.29) is 5.02 Å². The van der Waals surface area contributed by atoms with Crippen LogP contribution in [0.25, 0.3) is 10.6 Å². The summed E-state index contributed by atoms with van der Waals surface area (Å²) in [5, 5.41) is 3.97. The summed E-state index contributed by atoms with van der Waals surface area (Å²) in [5.41, 5.74) is 1.54. The maximum absolute atomic E-state index is 14.0. The molecule has 0 saturated heterocycles. The maximum atomic E-state index is 14.0. The van der Waals surface area contributed by atoms with Crippen molar-refractivity contribution >= 4 is 22.9 Å². The molecular weight excluding hydrogens is 283 g/mol. The molecule has 1 N–H and O–H groups in total. The van der Waals surface area contributed by atoms with Gasteiger partial charge in [-0.1, -0.05) is 31.0 Å². The van der Waals surface area contributed by atoms with Gasteiger partial charge in [-0.05, 0) is 25.6 Å². The van der Waals surface area contributed by atoms with E-state index in [2.05, 4.69) is 17.2 Å². The summed E-state index contributed by atoms with van der Waals surface area (Å²) < 4.78 is 14.0. The van der Waals surface area contributed by atoms with Gasteiger partial charge in [0.05, 0.1) is 10.7 Å². The van der Waals surface area contributed by atoms with Crippen molar-refractivity contribution in [2.45, 2.75) is 26.3 Å². The van der Waals surface area contributed by atoms with E-state index in [9.17, 15) is 4.39 Å². The summed E-state index contributed by atoms with van der Waals surface area (Å²) in [4.78, 5) is 5.74. The van der Waals surface area contributed by atoms with Gasteiger partial charge in [-0.2, -0.15) is 0 Å². The zero-order valence-corrected chi connectivity index (χ0v) is 12.5. The van der Waals surface area contributed by atoms with E-state index in [0.717, 1.165) is 25.1 Å². The molecule has 5 heteroatoms. The molecule has 1 heterocycles. The van der Waals surface area contributed by atoms with E-state index in [1.165, 1.54) is 16.2 Å². The Balaban J connectivity index is 2.44. The third-order valence-corrected chi connectivity index (χ3v) is 4.21. The third kappa shape index (κ3) is 3.14. The molecule has 0 aliphatic rings. The van der Waals surface area contributed by atoms with E-state index in [4.69, 9.17) is 11.6 Å². The zero-order valence-electron chi connectivity index (χ0n) is 11.0. The van der Waals surface area contributed by atoms with Crippen molar-refractivity contribution in [2.24, 2.45) is 0 Å². The fraction of sp³-hybridized carbons (Fsp3) is 0.357. The minimum absolute atomic E-state index is 0.139. The Kier molecular flexibility index (Phi) is 4.91. The molecule has 0 saturated carbocycles. The molecule has 0 amide bonds. The van der Waals surface area contributed by atoms with Crippen molar-refractivity contribution in [2.75, 3.05) is 7.05 Å². The molecule has 0 unspecified atom stereocenters. The van der Waals surface area contributed by atoms with Crippen molar-refractivity contribution in [1.82, 2.24) is 10.3 Å². The number of aromatic nitrogens is 1. The smallest absolute Gasteiger partial charge is 0.152 e. The molecule has 2 rings (SSSR count). The lowest BCUT2D eigenvalue weighted by molar-refractivity contribution is 0.631. The minimum atomic E-state index is -0.392. The second-order valence-corrected chi connectivity index (χ2v) is 5.76. The van der Waals surface area contributed by atoms with Crippen LogP contribution in [0.3, 0.4) is 0 Å². The van der Waals surface area contributed by atoms with Gasteiger partial charge in [0.25, 0.3) is 0 Å². The second-order valence-electron chi connectivity index (χ2n) is 4.27. The minimum Gasteiger partial charge on any atom is -0.315 e. The molecule has 0 atom stereocenters. The van der Waals surface area contributed by atoms with Gasteiger partial charge in [-0.3, -0.25) is 0 Å². The number of benzene rings is 1. The van der Waals surface area contributed by atoms with Gasteiger partial charge in [0.2, 0.25) is 0 Å². The van der Waals surface area contributed by atoms with E-state index in [1.54, 1.807) is 18.2 Å². The average molecular weight is 299 g/mol. The second kappa shape index (κ2) is 6.46. The predicted octanol–water partition coefficient (Wildman–Crippen LogP) is 4.27. The van der Waals surface area contributed by atoms with Gasteiger partial charge in [-0.25, -0.2) is 9.37 Å². The Morgan fingerprint density at radius 1 is 1.42 bits per heavy atom. The van der Waals surface area contributed by atoms with Gasteiger partial charge in [-0.15, -0.1) is 11.3 Å². The summed E-state index contributed by atoms with van der Waals surface area (Å²) >= 11 is 7.35. The van der Waals surface area contributed by atoms with Crippen LogP contribution in [0.2, 0.25) is 5.02 Å². The average Bonchev–Trinajstić information content (AvgIpc) is 2.77. The highest BCUT2D eigenvalue weighted by atomic mass is 35.5. The van der Waals surface area contributed by atoms with Crippen LogP contribution in [0.4, 0.5) is 4.39 Å². The molecule has 0 aliphatic heterocycles. The van der Waals surface area contributed by atoms with Gasteiger partial charge < -0.3 is 5.32 Å². The van der Waals surface area contributed by atoms with Gasteiger partial charge in [0, 0.05) is 17.0 Å². The van der Waals surface area contributed by atoms with Crippen LogP contribution in [0.5, 0.6) is 0 Å². The first-order valence-electron chi connectivity index (χ1n) is 6.25. The maximum Gasteiger partial charge on any atom is 0.152 e. The molecule has 19 heavy (non-hydrogen) atoms. The molecule has 1 aromatic heterocycles. The standard InChI is InChI=1S/C14H16ClFN2S/c1-3-5-11-12(8-17-2)19-14(18-11)9-6-4-7-10(15)13(9)16/h4,6-7,17H,3,5,8H2,1-2H3. The molecule has 0 spiro atoms. The highest BCUT2D eigenvalue weighted by Crippen LogP contribution is 2.32. The number of nitrogens with one attached hydrogen (secondary N) is 1. The monoisotopic (exact) mass is 298 g/mol. The predicted molar refractivity (Wildman–Crippen MR) is 79.3 cm³/mol. The van der Waals surface area contributed by atoms with Crippen molar-refractivity contribution in [3.63, 3.8) is 0 Å². The lowest BCUT2D eigenvalue weighted by Gasteiger charge is -2.00. The lowest BCUT2D eigenvalue weighted by atomic mass is 10.2. The van der Waals surface area contributed by atoms with Crippen LogP contribution >= 0.6 is 22.9 Å². The summed E-state index contributed by atoms with van der Waals surface area (Å²) in [5.74, 6) is -0.392.